The Morgan fingerprint density at radius 1 is 1.11 bits per heavy atom. The van der Waals surface area contributed by atoms with E-state index < -0.39 is 51.8 Å². The van der Waals surface area contributed by atoms with Crippen molar-refractivity contribution in [3.63, 3.8) is 0 Å². The van der Waals surface area contributed by atoms with Gasteiger partial charge in [-0.3, -0.25) is 19.3 Å². The molecule has 3 heterocycles. The van der Waals surface area contributed by atoms with E-state index in [1.807, 2.05) is 0 Å². The Labute approximate surface area is 214 Å². The molecule has 3 aliphatic rings. The Morgan fingerprint density at radius 2 is 1.73 bits per heavy atom. The second kappa shape index (κ2) is 9.07. The third kappa shape index (κ3) is 3.95. The maximum Gasteiger partial charge on any atom is 0.331 e. The molecule has 37 heavy (non-hydrogen) atoms. The zero-order valence-corrected chi connectivity index (χ0v) is 20.5. The topological polar surface area (TPSA) is 146 Å². The number of rotatable bonds is 7. The Morgan fingerprint density at radius 3 is 2.30 bits per heavy atom. The molecular formula is C24H21N3O9S. The van der Waals surface area contributed by atoms with Crippen molar-refractivity contribution in [3.8, 4) is 5.75 Å². The largest absolute Gasteiger partial charge is 0.497 e. The van der Waals surface area contributed by atoms with Crippen LogP contribution in [0.4, 0.5) is 0 Å². The lowest BCUT2D eigenvalue weighted by Gasteiger charge is -2.57. The zero-order chi connectivity index (χ0) is 26.5. The van der Waals surface area contributed by atoms with E-state index in [1.54, 1.807) is 36.4 Å². The highest BCUT2D eigenvalue weighted by atomic mass is 32.2. The van der Waals surface area contributed by atoms with Crippen molar-refractivity contribution in [2.75, 3.05) is 12.9 Å². The summed E-state index contributed by atoms with van der Waals surface area (Å²) in [5, 5.41) is 9.45. The molecule has 0 aliphatic carbocycles. The van der Waals surface area contributed by atoms with E-state index in [-0.39, 0.29) is 23.5 Å². The minimum absolute atomic E-state index is 0.0651. The summed E-state index contributed by atoms with van der Waals surface area (Å²) in [4.78, 5) is 70.7. The molecule has 0 bridgehead atoms. The maximum absolute atomic E-state index is 13.4. The molecule has 5 rings (SSSR count). The van der Waals surface area contributed by atoms with Gasteiger partial charge in [-0.15, -0.1) is 21.9 Å². The van der Waals surface area contributed by atoms with Gasteiger partial charge in [0.25, 0.3) is 22.8 Å². The van der Waals surface area contributed by atoms with Crippen LogP contribution in [0.1, 0.15) is 33.2 Å². The number of methoxy groups -OCH3 is 1. The minimum Gasteiger partial charge on any atom is -0.497 e. The molecule has 0 aromatic heterocycles. The fraction of sp³-hybridized carbons (Fsp3) is 0.333. The van der Waals surface area contributed by atoms with Gasteiger partial charge in [-0.1, -0.05) is 24.3 Å². The highest BCUT2D eigenvalue weighted by Crippen LogP contribution is 2.47. The highest BCUT2D eigenvalue weighted by molar-refractivity contribution is 8.00. The second-order valence-electron chi connectivity index (χ2n) is 8.90. The number of ether oxygens (including phenoxy) is 2. The number of benzene rings is 2. The summed E-state index contributed by atoms with van der Waals surface area (Å²) in [5.74, 6) is -2.26. The van der Waals surface area contributed by atoms with E-state index in [9.17, 15) is 29.3 Å². The summed E-state index contributed by atoms with van der Waals surface area (Å²) >= 11 is 1.09. The molecule has 12 nitrogen and oxygen atoms in total. The summed E-state index contributed by atoms with van der Waals surface area (Å²) in [6.07, 6.45) is 0. The molecule has 3 aliphatic heterocycles. The normalized spacial score (nSPS) is 26.2. The van der Waals surface area contributed by atoms with Crippen molar-refractivity contribution in [2.45, 2.75) is 36.6 Å². The quantitative estimate of drug-likeness (QED) is 0.171. The van der Waals surface area contributed by atoms with Crippen molar-refractivity contribution in [3.05, 3.63) is 75.3 Å². The van der Waals surface area contributed by atoms with Crippen LogP contribution in [-0.4, -0.2) is 74.5 Å². The van der Waals surface area contributed by atoms with E-state index in [0.717, 1.165) is 21.6 Å². The van der Waals surface area contributed by atoms with Crippen molar-refractivity contribution >= 4 is 35.5 Å². The van der Waals surface area contributed by atoms with Crippen molar-refractivity contribution in [2.24, 2.45) is 0 Å². The van der Waals surface area contributed by atoms with Crippen molar-refractivity contribution in [1.82, 2.24) is 9.80 Å². The zero-order valence-electron chi connectivity index (χ0n) is 19.7. The number of amides is 3. The standard InChI is InChI=1S/C24H21N3O9S/c1-24(36-27(32)33)12-37-22-17(25-19(28)15-5-3-4-6-16(15)20(25)29)21(30)26(22)18(24)23(31)35-11-13-7-9-14(34-2)10-8-13/h3-10,17-18,22H,11-12H2,1-2H3/t17?,18?,22-,24+/m0/s1. The van der Waals surface area contributed by atoms with Crippen LogP contribution in [0.25, 0.3) is 0 Å². The van der Waals surface area contributed by atoms with Gasteiger partial charge in [0.05, 0.1) is 18.2 Å². The van der Waals surface area contributed by atoms with Crippen molar-refractivity contribution < 1.29 is 38.6 Å². The fourth-order valence-electron chi connectivity index (χ4n) is 4.80. The van der Waals surface area contributed by atoms with Gasteiger partial charge in [-0.05, 0) is 36.8 Å². The van der Waals surface area contributed by atoms with Crippen LogP contribution < -0.4 is 4.74 Å². The van der Waals surface area contributed by atoms with E-state index >= 15 is 0 Å². The molecule has 2 saturated heterocycles. The average molecular weight is 528 g/mol. The van der Waals surface area contributed by atoms with Gasteiger partial charge < -0.3 is 19.2 Å². The van der Waals surface area contributed by atoms with Gasteiger partial charge in [-0.2, -0.15) is 0 Å². The third-order valence-corrected chi connectivity index (χ3v) is 8.17. The molecule has 192 valence electrons. The number of carbonyl (C=O) groups is 4. The molecule has 13 heteroatoms. The van der Waals surface area contributed by atoms with Crippen LogP contribution in [0.2, 0.25) is 0 Å². The lowest BCUT2D eigenvalue weighted by atomic mass is 9.90. The smallest absolute Gasteiger partial charge is 0.331 e. The number of hydrogen-bond acceptors (Lipinski definition) is 10. The molecule has 2 aromatic rings. The SMILES string of the molecule is COc1ccc(COC(=O)C2N3C(=O)C(N4C(=O)c5ccccc5C4=O)[C@@H]3SC[C@@]2(C)O[N+](=O)[O-])cc1. The second-order valence-corrected chi connectivity index (χ2v) is 10.0. The van der Waals surface area contributed by atoms with Crippen LogP contribution in [0.3, 0.4) is 0 Å². The molecule has 0 radical (unpaired) electrons. The first kappa shape index (κ1) is 24.6. The van der Waals surface area contributed by atoms with Gasteiger partial charge in [0.2, 0.25) is 0 Å². The number of imide groups is 1. The van der Waals surface area contributed by atoms with E-state index in [4.69, 9.17) is 14.3 Å². The Bertz CT molecular complexity index is 1280. The van der Waals surface area contributed by atoms with E-state index in [0.29, 0.717) is 11.3 Å². The first-order valence-electron chi connectivity index (χ1n) is 11.2. The number of hydrogen-bond donors (Lipinski definition) is 0. The van der Waals surface area contributed by atoms with Crippen molar-refractivity contribution in [1.29, 1.82) is 0 Å². The molecular weight excluding hydrogens is 506 g/mol. The maximum atomic E-state index is 13.4. The number of β-lactam (4-membered cyclic amide) rings is 1. The molecule has 4 atom stereocenters. The number of carbonyl (C=O) groups excluding carboxylic acids is 4. The van der Waals surface area contributed by atoms with Gasteiger partial charge in [0.15, 0.2) is 11.6 Å². The molecule has 0 N–H and O–H groups in total. The summed E-state index contributed by atoms with van der Waals surface area (Å²) in [5.41, 5.74) is -0.704. The molecule has 2 fully saturated rings. The Kier molecular flexibility index (Phi) is 6.02. The number of nitrogens with zero attached hydrogens (tertiary/aromatic N) is 3. The van der Waals surface area contributed by atoms with Crippen LogP contribution in [0.5, 0.6) is 5.75 Å². The fourth-order valence-corrected chi connectivity index (χ4v) is 6.32. The molecule has 0 spiro atoms. The van der Waals surface area contributed by atoms with Crippen LogP contribution in [0, 0.1) is 10.1 Å². The van der Waals surface area contributed by atoms with E-state index in [1.165, 1.54) is 26.2 Å². The predicted molar refractivity (Wildman–Crippen MR) is 127 cm³/mol. The van der Waals surface area contributed by atoms with Crippen LogP contribution in [0.15, 0.2) is 48.5 Å². The highest BCUT2D eigenvalue weighted by Gasteiger charge is 2.66. The minimum atomic E-state index is -1.72. The van der Waals surface area contributed by atoms with Crippen LogP contribution in [-0.2, 0) is 25.8 Å². The lowest BCUT2D eigenvalue weighted by Crippen LogP contribution is -2.79. The predicted octanol–water partition coefficient (Wildman–Crippen LogP) is 1.65. The summed E-state index contributed by atoms with van der Waals surface area (Å²) in [7, 11) is 1.52. The number of fused-ring (bicyclic) bond motifs is 2. The number of thioether (sulfide) groups is 1. The monoisotopic (exact) mass is 527 g/mol. The first-order chi connectivity index (χ1) is 17.7. The van der Waals surface area contributed by atoms with Gasteiger partial charge in [0.1, 0.15) is 23.8 Å². The molecule has 0 saturated carbocycles. The Balaban J connectivity index is 1.39. The molecule has 2 unspecified atom stereocenters. The van der Waals surface area contributed by atoms with Gasteiger partial charge >= 0.3 is 5.97 Å². The summed E-state index contributed by atoms with van der Waals surface area (Å²) in [6, 6.07) is 10.4. The molecule has 3 amide bonds. The summed E-state index contributed by atoms with van der Waals surface area (Å²) in [6.45, 7) is 1.19. The lowest BCUT2D eigenvalue weighted by molar-refractivity contribution is -0.779. The summed E-state index contributed by atoms with van der Waals surface area (Å²) < 4.78 is 10.5. The van der Waals surface area contributed by atoms with Gasteiger partial charge in [-0.25, -0.2) is 4.79 Å². The van der Waals surface area contributed by atoms with E-state index in [2.05, 4.69) is 0 Å². The Hall–Kier alpha value is -4.13. The molecule has 2 aromatic carbocycles. The first-order valence-corrected chi connectivity index (χ1v) is 12.2. The average Bonchev–Trinajstić information content (AvgIpc) is 3.12. The van der Waals surface area contributed by atoms with Gasteiger partial charge in [0, 0.05) is 5.75 Å². The number of esters is 1. The van der Waals surface area contributed by atoms with Crippen LogP contribution >= 0.6 is 11.8 Å². The third-order valence-electron chi connectivity index (χ3n) is 6.60.